The molecule has 0 saturated carbocycles. The minimum Gasteiger partial charge on any atom is -0.339 e. The molecule has 18 heavy (non-hydrogen) atoms. The van der Waals surface area contributed by atoms with Crippen molar-refractivity contribution in [3.8, 4) is 6.07 Å². The molecule has 1 aromatic rings. The van der Waals surface area contributed by atoms with Crippen LogP contribution in [0.25, 0.3) is 6.08 Å². The number of hydrogen-bond acceptors (Lipinski definition) is 3. The summed E-state index contributed by atoms with van der Waals surface area (Å²) < 4.78 is 1.06. The van der Waals surface area contributed by atoms with Gasteiger partial charge in [0.25, 0.3) is 0 Å². The molecular weight excluding hydrogens is 312 g/mol. The highest BCUT2D eigenvalue weighted by atomic mass is 79.9. The summed E-state index contributed by atoms with van der Waals surface area (Å²) in [5.74, 6) is 0.152. The molecule has 3 nitrogen and oxygen atoms in total. The van der Waals surface area contributed by atoms with Crippen LogP contribution >= 0.6 is 27.3 Å². The van der Waals surface area contributed by atoms with Crippen LogP contribution in [0, 0.1) is 17.2 Å². The number of likely N-dealkylation sites (tertiary alicyclic amines) is 1. The predicted molar refractivity (Wildman–Crippen MR) is 76.0 cm³/mol. The number of nitrogens with zero attached hydrogens (tertiary/aromatic N) is 2. The second-order valence-corrected chi connectivity index (χ2v) is 6.54. The lowest BCUT2D eigenvalue weighted by molar-refractivity contribution is -0.127. The molecule has 0 atom stereocenters. The largest absolute Gasteiger partial charge is 0.339 e. The summed E-state index contributed by atoms with van der Waals surface area (Å²) >= 11 is 4.99. The van der Waals surface area contributed by atoms with Crippen molar-refractivity contribution in [1.82, 2.24) is 4.90 Å². The van der Waals surface area contributed by atoms with Gasteiger partial charge in [-0.15, -0.1) is 11.3 Å². The zero-order valence-corrected chi connectivity index (χ0v) is 12.2. The number of carbonyl (C=O) groups is 1. The van der Waals surface area contributed by atoms with Gasteiger partial charge in [-0.3, -0.25) is 4.79 Å². The maximum Gasteiger partial charge on any atom is 0.246 e. The van der Waals surface area contributed by atoms with E-state index in [1.807, 2.05) is 22.4 Å². The van der Waals surface area contributed by atoms with Crippen molar-refractivity contribution in [3.63, 3.8) is 0 Å². The zero-order chi connectivity index (χ0) is 13.0. The minimum absolute atomic E-state index is 0.0358. The highest BCUT2D eigenvalue weighted by molar-refractivity contribution is 9.11. The Morgan fingerprint density at radius 3 is 2.83 bits per heavy atom. The monoisotopic (exact) mass is 324 g/mol. The van der Waals surface area contributed by atoms with Crippen LogP contribution in [0.1, 0.15) is 18.4 Å². The van der Waals surface area contributed by atoms with Crippen LogP contribution in [0.5, 0.6) is 0 Å². The summed E-state index contributed by atoms with van der Waals surface area (Å²) in [5.41, 5.74) is 1.03. The molecule has 94 valence electrons. The molecule has 0 N–H and O–H groups in total. The molecule has 0 bridgehead atoms. The van der Waals surface area contributed by atoms with Crippen LogP contribution in [0.3, 0.4) is 0 Å². The van der Waals surface area contributed by atoms with Crippen molar-refractivity contribution in [2.45, 2.75) is 12.8 Å². The number of amides is 1. The first-order valence-electron chi connectivity index (χ1n) is 5.79. The summed E-state index contributed by atoms with van der Waals surface area (Å²) in [4.78, 5) is 13.7. The molecule has 0 aliphatic carbocycles. The van der Waals surface area contributed by atoms with Gasteiger partial charge in [0.15, 0.2) is 0 Å². The Morgan fingerprint density at radius 1 is 1.56 bits per heavy atom. The Labute approximate surface area is 119 Å². The van der Waals surface area contributed by atoms with Gasteiger partial charge in [0.1, 0.15) is 0 Å². The van der Waals surface area contributed by atoms with Gasteiger partial charge in [0.2, 0.25) is 5.91 Å². The molecule has 0 unspecified atom stereocenters. The number of piperidine rings is 1. The van der Waals surface area contributed by atoms with Crippen molar-refractivity contribution in [2.24, 2.45) is 5.92 Å². The van der Waals surface area contributed by atoms with E-state index < -0.39 is 0 Å². The predicted octanol–water partition coefficient (Wildman–Crippen LogP) is 3.29. The van der Waals surface area contributed by atoms with Gasteiger partial charge in [0.05, 0.1) is 9.86 Å². The van der Waals surface area contributed by atoms with Gasteiger partial charge in [0, 0.05) is 25.1 Å². The normalized spacial score (nSPS) is 17.0. The van der Waals surface area contributed by atoms with Crippen LogP contribution in [0.4, 0.5) is 0 Å². The third kappa shape index (κ3) is 3.44. The maximum absolute atomic E-state index is 11.9. The first kappa shape index (κ1) is 13.3. The molecule has 1 amide bonds. The van der Waals surface area contributed by atoms with Crippen LogP contribution in [0.2, 0.25) is 0 Å². The Kier molecular flexibility index (Phi) is 4.56. The van der Waals surface area contributed by atoms with Gasteiger partial charge in [-0.1, -0.05) is 0 Å². The van der Waals surface area contributed by atoms with Gasteiger partial charge in [-0.05, 0) is 51.9 Å². The lowest BCUT2D eigenvalue weighted by Gasteiger charge is -2.28. The summed E-state index contributed by atoms with van der Waals surface area (Å²) in [7, 11) is 0. The number of halogens is 1. The van der Waals surface area contributed by atoms with E-state index in [9.17, 15) is 4.79 Å². The number of rotatable bonds is 2. The highest BCUT2D eigenvalue weighted by Gasteiger charge is 2.20. The number of nitriles is 1. The van der Waals surface area contributed by atoms with Crippen molar-refractivity contribution in [3.05, 3.63) is 26.9 Å². The fraction of sp³-hybridized carbons (Fsp3) is 0.385. The van der Waals surface area contributed by atoms with E-state index in [1.54, 1.807) is 17.4 Å². The Hall–Kier alpha value is -1.12. The molecule has 1 fully saturated rings. The topological polar surface area (TPSA) is 44.1 Å². The first-order chi connectivity index (χ1) is 8.69. The molecule has 1 aliphatic heterocycles. The molecule has 0 aromatic carbocycles. The number of hydrogen-bond donors (Lipinski definition) is 0. The van der Waals surface area contributed by atoms with E-state index in [4.69, 9.17) is 5.26 Å². The van der Waals surface area contributed by atoms with Gasteiger partial charge in [-0.2, -0.15) is 5.26 Å². The van der Waals surface area contributed by atoms with Crippen molar-refractivity contribution < 1.29 is 4.79 Å². The van der Waals surface area contributed by atoms with E-state index in [2.05, 4.69) is 22.0 Å². The summed E-state index contributed by atoms with van der Waals surface area (Å²) in [6.45, 7) is 1.38. The SMILES string of the molecule is N#CC1CCN(C(=O)/C=C/c2csc(Br)c2)CC1. The average Bonchev–Trinajstić information content (AvgIpc) is 2.82. The van der Waals surface area contributed by atoms with Crippen molar-refractivity contribution in [1.29, 1.82) is 5.26 Å². The van der Waals surface area contributed by atoms with Crippen LogP contribution < -0.4 is 0 Å². The van der Waals surface area contributed by atoms with Crippen molar-refractivity contribution >= 4 is 39.2 Å². The van der Waals surface area contributed by atoms with Crippen LogP contribution in [-0.4, -0.2) is 23.9 Å². The van der Waals surface area contributed by atoms with Gasteiger partial charge in [-0.25, -0.2) is 0 Å². The van der Waals surface area contributed by atoms with Crippen molar-refractivity contribution in [2.75, 3.05) is 13.1 Å². The van der Waals surface area contributed by atoms with E-state index >= 15 is 0 Å². The molecule has 1 aromatic heterocycles. The quantitative estimate of drug-likeness (QED) is 0.783. The first-order valence-corrected chi connectivity index (χ1v) is 7.47. The lowest BCUT2D eigenvalue weighted by Crippen LogP contribution is -2.37. The van der Waals surface area contributed by atoms with E-state index in [0.29, 0.717) is 13.1 Å². The molecule has 2 heterocycles. The van der Waals surface area contributed by atoms with Gasteiger partial charge < -0.3 is 4.90 Å². The third-order valence-corrected chi connectivity index (χ3v) is 4.52. The molecule has 2 rings (SSSR count). The van der Waals surface area contributed by atoms with E-state index in [0.717, 1.165) is 22.2 Å². The third-order valence-electron chi connectivity index (χ3n) is 3.00. The minimum atomic E-state index is 0.0358. The van der Waals surface area contributed by atoms with E-state index in [1.165, 1.54) is 0 Å². The van der Waals surface area contributed by atoms with Crippen LogP contribution in [0.15, 0.2) is 21.3 Å². The molecule has 1 saturated heterocycles. The Morgan fingerprint density at radius 2 is 2.28 bits per heavy atom. The molecule has 0 radical (unpaired) electrons. The second-order valence-electron chi connectivity index (χ2n) is 4.25. The second kappa shape index (κ2) is 6.17. The zero-order valence-electron chi connectivity index (χ0n) is 9.80. The number of thiophene rings is 1. The molecule has 5 heteroatoms. The molecule has 0 spiro atoms. The Balaban J connectivity index is 1.89. The van der Waals surface area contributed by atoms with Gasteiger partial charge >= 0.3 is 0 Å². The maximum atomic E-state index is 11.9. The standard InChI is InChI=1S/C13H13BrN2OS/c14-12-7-11(9-18-12)1-2-13(17)16-5-3-10(8-15)4-6-16/h1-2,7,9-10H,3-6H2/b2-1+. The summed E-state index contributed by atoms with van der Waals surface area (Å²) in [5, 5.41) is 10.8. The van der Waals surface area contributed by atoms with E-state index in [-0.39, 0.29) is 11.8 Å². The number of carbonyl (C=O) groups excluding carboxylic acids is 1. The fourth-order valence-corrected chi connectivity index (χ4v) is 3.06. The summed E-state index contributed by atoms with van der Waals surface area (Å²) in [6.07, 6.45) is 5.03. The van der Waals surface area contributed by atoms with Crippen LogP contribution in [-0.2, 0) is 4.79 Å². The fourth-order valence-electron chi connectivity index (χ4n) is 1.91. The highest BCUT2D eigenvalue weighted by Crippen LogP contribution is 2.22. The Bertz CT molecular complexity index is 495. The molecular formula is C13H13BrN2OS. The lowest BCUT2D eigenvalue weighted by atomic mass is 9.98. The molecule has 1 aliphatic rings. The summed E-state index contributed by atoms with van der Waals surface area (Å²) in [6, 6.07) is 4.25. The smallest absolute Gasteiger partial charge is 0.246 e. The average molecular weight is 325 g/mol.